The van der Waals surface area contributed by atoms with Crippen LogP contribution in [0.3, 0.4) is 0 Å². The molecule has 1 amide bonds. The fraction of sp³-hybridized carbons (Fsp3) is 0.600. The lowest BCUT2D eigenvalue weighted by molar-refractivity contribution is -0.125. The first kappa shape index (κ1) is 21.4. The van der Waals surface area contributed by atoms with Gasteiger partial charge in [-0.05, 0) is 37.3 Å². The van der Waals surface area contributed by atoms with Gasteiger partial charge in [-0.15, -0.1) is 0 Å². The molecule has 0 aromatic heterocycles. The van der Waals surface area contributed by atoms with Crippen molar-refractivity contribution in [2.24, 2.45) is 5.92 Å². The van der Waals surface area contributed by atoms with Crippen molar-refractivity contribution in [2.45, 2.75) is 52.0 Å². The summed E-state index contributed by atoms with van der Waals surface area (Å²) in [5.74, 6) is 0.259. The fourth-order valence-electron chi connectivity index (χ4n) is 3.18. The molecule has 1 aliphatic rings. The first-order valence-electron chi connectivity index (χ1n) is 9.43. The normalized spacial score (nSPS) is 19.3. The van der Waals surface area contributed by atoms with E-state index in [1.807, 2.05) is 6.92 Å². The number of nitrogens with one attached hydrogen (secondary N) is 1. The number of amides is 1. The largest absolute Gasteiger partial charge is 0.493 e. The molecule has 1 aromatic carbocycles. The van der Waals surface area contributed by atoms with Crippen molar-refractivity contribution in [1.29, 1.82) is 0 Å². The zero-order chi connectivity index (χ0) is 19.8. The van der Waals surface area contributed by atoms with Crippen molar-refractivity contribution in [3.05, 3.63) is 22.7 Å². The average Bonchev–Trinajstić information content (AvgIpc) is 2.66. The van der Waals surface area contributed by atoms with E-state index in [2.05, 4.69) is 12.2 Å². The molecule has 150 valence electrons. The van der Waals surface area contributed by atoms with Crippen molar-refractivity contribution in [1.82, 2.24) is 5.32 Å². The highest BCUT2D eigenvalue weighted by Crippen LogP contribution is 2.36. The van der Waals surface area contributed by atoms with Crippen molar-refractivity contribution in [2.75, 3.05) is 20.3 Å². The van der Waals surface area contributed by atoms with Gasteiger partial charge in [0.15, 0.2) is 18.1 Å². The van der Waals surface area contributed by atoms with Gasteiger partial charge in [0.2, 0.25) is 0 Å². The molecule has 0 aliphatic heterocycles. The van der Waals surface area contributed by atoms with Gasteiger partial charge in [0.1, 0.15) is 0 Å². The molecular weight excluding hydrogens is 370 g/mol. The Bertz CT molecular complexity index is 664. The minimum atomic E-state index is -0.635. The Hall–Kier alpha value is -1.95. The monoisotopic (exact) mass is 397 g/mol. The molecular formula is C20H28ClNO5. The van der Waals surface area contributed by atoms with Crippen molar-refractivity contribution >= 4 is 23.5 Å². The van der Waals surface area contributed by atoms with Gasteiger partial charge in [-0.3, -0.25) is 4.79 Å². The van der Waals surface area contributed by atoms with Crippen LogP contribution in [0.25, 0.3) is 0 Å². The number of esters is 1. The molecule has 0 spiro atoms. The summed E-state index contributed by atoms with van der Waals surface area (Å²) in [5, 5.41) is 3.21. The lowest BCUT2D eigenvalue weighted by atomic mass is 9.86. The minimum absolute atomic E-state index is 0.148. The zero-order valence-corrected chi connectivity index (χ0v) is 16.9. The van der Waals surface area contributed by atoms with Crippen LogP contribution >= 0.6 is 11.6 Å². The summed E-state index contributed by atoms with van der Waals surface area (Å²) in [6.45, 7) is 4.27. The summed E-state index contributed by atoms with van der Waals surface area (Å²) in [6.07, 6.45) is 5.20. The van der Waals surface area contributed by atoms with E-state index in [0.717, 1.165) is 25.7 Å². The molecule has 0 unspecified atom stereocenters. The van der Waals surface area contributed by atoms with E-state index in [0.29, 0.717) is 24.0 Å². The SMILES string of the molecule is CCCOc1c(Cl)cc(C(=O)OCC(=O)N[C@@H]2CCCC[C@@H]2C)cc1OC. The van der Waals surface area contributed by atoms with Crippen LogP contribution < -0.4 is 14.8 Å². The van der Waals surface area contributed by atoms with Gasteiger partial charge < -0.3 is 19.5 Å². The highest BCUT2D eigenvalue weighted by Gasteiger charge is 2.23. The number of methoxy groups -OCH3 is 1. The number of hydrogen-bond acceptors (Lipinski definition) is 5. The van der Waals surface area contributed by atoms with Crippen LogP contribution in [0.1, 0.15) is 56.3 Å². The molecule has 0 heterocycles. The molecule has 0 radical (unpaired) electrons. The van der Waals surface area contributed by atoms with Gasteiger partial charge in [0, 0.05) is 6.04 Å². The molecule has 1 fully saturated rings. The van der Waals surface area contributed by atoms with Gasteiger partial charge in [-0.1, -0.05) is 38.3 Å². The predicted octanol–water partition coefficient (Wildman–Crippen LogP) is 3.99. The lowest BCUT2D eigenvalue weighted by Gasteiger charge is -2.29. The molecule has 6 nitrogen and oxygen atoms in total. The van der Waals surface area contributed by atoms with E-state index < -0.39 is 5.97 Å². The maximum absolute atomic E-state index is 12.3. The number of carbonyl (C=O) groups excluding carboxylic acids is 2. The summed E-state index contributed by atoms with van der Waals surface area (Å²) in [6, 6.07) is 3.10. The molecule has 0 bridgehead atoms. The zero-order valence-electron chi connectivity index (χ0n) is 16.2. The van der Waals surface area contributed by atoms with Crippen LogP contribution in [-0.4, -0.2) is 38.2 Å². The third-order valence-corrected chi connectivity index (χ3v) is 4.99. The molecule has 1 N–H and O–H groups in total. The van der Waals surface area contributed by atoms with Crippen molar-refractivity contribution in [3.63, 3.8) is 0 Å². The van der Waals surface area contributed by atoms with Crippen molar-refractivity contribution < 1.29 is 23.8 Å². The number of halogens is 1. The smallest absolute Gasteiger partial charge is 0.338 e. The van der Waals surface area contributed by atoms with Crippen LogP contribution in [-0.2, 0) is 9.53 Å². The Morgan fingerprint density at radius 3 is 2.67 bits per heavy atom. The Morgan fingerprint density at radius 1 is 1.26 bits per heavy atom. The molecule has 2 atom stereocenters. The molecule has 2 rings (SSSR count). The molecule has 7 heteroatoms. The number of ether oxygens (including phenoxy) is 3. The summed E-state index contributed by atoms with van der Waals surface area (Å²) in [4.78, 5) is 24.4. The highest BCUT2D eigenvalue weighted by molar-refractivity contribution is 6.32. The quantitative estimate of drug-likeness (QED) is 0.671. The number of hydrogen-bond donors (Lipinski definition) is 1. The second-order valence-corrected chi connectivity index (χ2v) is 7.26. The van der Waals surface area contributed by atoms with E-state index >= 15 is 0 Å². The Labute approximate surface area is 165 Å². The maximum atomic E-state index is 12.3. The highest BCUT2D eigenvalue weighted by atomic mass is 35.5. The van der Waals surface area contributed by atoms with Crippen LogP contribution in [0.5, 0.6) is 11.5 Å². The summed E-state index contributed by atoms with van der Waals surface area (Å²) < 4.78 is 16.0. The number of rotatable bonds is 8. The third-order valence-electron chi connectivity index (χ3n) is 4.71. The van der Waals surface area contributed by atoms with E-state index in [1.165, 1.54) is 25.7 Å². The standard InChI is InChI=1S/C20H28ClNO5/c1-4-9-26-19-15(21)10-14(11-17(19)25-3)20(24)27-12-18(23)22-16-8-6-5-7-13(16)2/h10-11,13,16H,4-9,12H2,1-3H3,(H,22,23)/t13-,16+/m0/s1. The van der Waals surface area contributed by atoms with Crippen LogP contribution in [0.2, 0.25) is 5.02 Å². The van der Waals surface area contributed by atoms with Crippen LogP contribution in [0.4, 0.5) is 0 Å². The van der Waals surface area contributed by atoms with Crippen LogP contribution in [0.15, 0.2) is 12.1 Å². The minimum Gasteiger partial charge on any atom is -0.493 e. The molecule has 0 saturated heterocycles. The molecule has 27 heavy (non-hydrogen) atoms. The fourth-order valence-corrected chi connectivity index (χ4v) is 3.44. The third kappa shape index (κ3) is 6.03. The molecule has 1 saturated carbocycles. The molecule has 1 aliphatic carbocycles. The van der Waals surface area contributed by atoms with Gasteiger partial charge >= 0.3 is 5.97 Å². The Balaban J connectivity index is 1.94. The van der Waals surface area contributed by atoms with Gasteiger partial charge in [-0.2, -0.15) is 0 Å². The van der Waals surface area contributed by atoms with E-state index in [-0.39, 0.29) is 29.1 Å². The number of carbonyl (C=O) groups is 2. The molecule has 1 aromatic rings. The van der Waals surface area contributed by atoms with Gasteiger partial charge in [0.25, 0.3) is 5.91 Å². The summed E-state index contributed by atoms with van der Waals surface area (Å²) >= 11 is 6.21. The van der Waals surface area contributed by atoms with E-state index in [4.69, 9.17) is 25.8 Å². The Kier molecular flexibility index (Phi) is 8.23. The first-order chi connectivity index (χ1) is 13.0. The maximum Gasteiger partial charge on any atom is 0.338 e. The van der Waals surface area contributed by atoms with E-state index in [1.54, 1.807) is 0 Å². The second kappa shape index (κ2) is 10.4. The number of benzene rings is 1. The lowest BCUT2D eigenvalue weighted by Crippen LogP contribution is -2.42. The second-order valence-electron chi connectivity index (χ2n) is 6.85. The first-order valence-corrected chi connectivity index (χ1v) is 9.80. The average molecular weight is 398 g/mol. The predicted molar refractivity (Wildman–Crippen MR) is 104 cm³/mol. The van der Waals surface area contributed by atoms with E-state index in [9.17, 15) is 9.59 Å². The summed E-state index contributed by atoms with van der Waals surface area (Å²) in [5.41, 5.74) is 0.208. The van der Waals surface area contributed by atoms with Crippen molar-refractivity contribution in [3.8, 4) is 11.5 Å². The van der Waals surface area contributed by atoms with Gasteiger partial charge in [-0.25, -0.2) is 4.79 Å². The van der Waals surface area contributed by atoms with Gasteiger partial charge in [0.05, 0.1) is 24.3 Å². The Morgan fingerprint density at radius 2 is 2.00 bits per heavy atom. The van der Waals surface area contributed by atoms with Crippen LogP contribution in [0, 0.1) is 5.92 Å². The topological polar surface area (TPSA) is 73.9 Å². The summed E-state index contributed by atoms with van der Waals surface area (Å²) in [7, 11) is 1.47.